The number of carbonyl (C=O) groups excluding carboxylic acids is 2. The molecule has 0 bridgehead atoms. The summed E-state index contributed by atoms with van der Waals surface area (Å²) in [7, 11) is 0. The predicted molar refractivity (Wildman–Crippen MR) is 156 cm³/mol. The minimum Gasteiger partial charge on any atom is -0.487 e. The first-order chi connectivity index (χ1) is 18.4. The van der Waals surface area contributed by atoms with Gasteiger partial charge < -0.3 is 4.74 Å². The standard InChI is InChI=1S/C30H20Cl2N2O3S/c31-22-14-11-20(12-15-22)19-37-27-16-13-21(18-26(27)32)17-25-28(35)33(23-7-3-1-4-8-23)30(38)34(29(25)36)24-9-5-2-6-10-24/h1-18H,19H2. The van der Waals surface area contributed by atoms with Crippen LogP contribution in [0, 0.1) is 0 Å². The Labute approximate surface area is 235 Å². The molecule has 4 aromatic rings. The van der Waals surface area contributed by atoms with E-state index < -0.39 is 11.8 Å². The van der Waals surface area contributed by atoms with Gasteiger partial charge in [0.25, 0.3) is 11.8 Å². The number of hydrogen-bond acceptors (Lipinski definition) is 4. The van der Waals surface area contributed by atoms with Gasteiger partial charge in [-0.2, -0.15) is 0 Å². The molecule has 0 saturated carbocycles. The Hall–Kier alpha value is -3.97. The first-order valence-corrected chi connectivity index (χ1v) is 12.8. The fraction of sp³-hybridized carbons (Fsp3) is 0.0333. The molecule has 8 heteroatoms. The molecule has 5 rings (SSSR count). The third kappa shape index (κ3) is 5.34. The summed E-state index contributed by atoms with van der Waals surface area (Å²) in [4.78, 5) is 30.0. The summed E-state index contributed by atoms with van der Waals surface area (Å²) < 4.78 is 5.85. The van der Waals surface area contributed by atoms with Crippen LogP contribution in [-0.4, -0.2) is 16.9 Å². The van der Waals surface area contributed by atoms with Gasteiger partial charge in [0.15, 0.2) is 5.11 Å². The van der Waals surface area contributed by atoms with Crippen LogP contribution >= 0.6 is 35.4 Å². The van der Waals surface area contributed by atoms with Crippen molar-refractivity contribution in [3.63, 3.8) is 0 Å². The van der Waals surface area contributed by atoms with Crippen molar-refractivity contribution in [1.29, 1.82) is 0 Å². The maximum atomic E-state index is 13.6. The van der Waals surface area contributed by atoms with E-state index in [1.54, 1.807) is 78.9 Å². The van der Waals surface area contributed by atoms with Gasteiger partial charge in [-0.15, -0.1) is 0 Å². The number of hydrogen-bond donors (Lipinski definition) is 0. The number of halogens is 2. The predicted octanol–water partition coefficient (Wildman–Crippen LogP) is 7.32. The number of para-hydroxylation sites is 2. The van der Waals surface area contributed by atoms with Crippen molar-refractivity contribution in [2.24, 2.45) is 0 Å². The highest BCUT2D eigenvalue weighted by molar-refractivity contribution is 7.81. The lowest BCUT2D eigenvalue weighted by Crippen LogP contribution is -2.56. The molecule has 1 fully saturated rings. The average Bonchev–Trinajstić information content (AvgIpc) is 2.93. The lowest BCUT2D eigenvalue weighted by molar-refractivity contribution is -0.120. The molecule has 1 aliphatic rings. The van der Waals surface area contributed by atoms with E-state index in [9.17, 15) is 9.59 Å². The molecule has 2 amide bonds. The molecule has 188 valence electrons. The summed E-state index contributed by atoms with van der Waals surface area (Å²) in [5.41, 5.74) is 2.58. The van der Waals surface area contributed by atoms with E-state index in [0.717, 1.165) is 5.56 Å². The van der Waals surface area contributed by atoms with Gasteiger partial charge in [0, 0.05) is 5.02 Å². The first kappa shape index (κ1) is 25.7. The Morgan fingerprint density at radius 2 is 1.29 bits per heavy atom. The van der Waals surface area contributed by atoms with Crippen LogP contribution in [0.25, 0.3) is 6.08 Å². The second-order valence-electron chi connectivity index (χ2n) is 8.40. The Bertz CT molecular complexity index is 1480. The number of nitrogens with zero attached hydrogens (tertiary/aromatic N) is 2. The third-order valence-electron chi connectivity index (χ3n) is 5.85. The molecule has 0 radical (unpaired) electrons. The Kier molecular flexibility index (Phi) is 7.56. The summed E-state index contributed by atoms with van der Waals surface area (Å²) in [5.74, 6) is -0.557. The fourth-order valence-electron chi connectivity index (χ4n) is 3.97. The van der Waals surface area contributed by atoms with E-state index in [-0.39, 0.29) is 10.7 Å². The molecule has 0 spiro atoms. The number of rotatable bonds is 6. The quantitative estimate of drug-likeness (QED) is 0.141. The Balaban J connectivity index is 1.47. The molecule has 0 N–H and O–H groups in total. The van der Waals surface area contributed by atoms with Gasteiger partial charge in [-0.25, -0.2) is 0 Å². The van der Waals surface area contributed by atoms with E-state index in [0.29, 0.717) is 39.3 Å². The third-order valence-corrected chi connectivity index (χ3v) is 6.77. The monoisotopic (exact) mass is 558 g/mol. The second-order valence-corrected chi connectivity index (χ2v) is 9.61. The van der Waals surface area contributed by atoms with Crippen molar-refractivity contribution >= 4 is 69.8 Å². The topological polar surface area (TPSA) is 49.9 Å². The van der Waals surface area contributed by atoms with E-state index in [1.165, 1.54) is 15.9 Å². The lowest BCUT2D eigenvalue weighted by atomic mass is 10.0. The zero-order chi connectivity index (χ0) is 26.6. The van der Waals surface area contributed by atoms with E-state index in [1.807, 2.05) is 24.3 Å². The lowest BCUT2D eigenvalue weighted by Gasteiger charge is -2.36. The van der Waals surface area contributed by atoms with Gasteiger partial charge in [-0.1, -0.05) is 77.8 Å². The van der Waals surface area contributed by atoms with Gasteiger partial charge >= 0.3 is 0 Å². The van der Waals surface area contributed by atoms with Crippen molar-refractivity contribution in [1.82, 2.24) is 0 Å². The number of benzene rings is 4. The number of thiocarbonyl (C=S) groups is 1. The smallest absolute Gasteiger partial charge is 0.270 e. The normalized spacial score (nSPS) is 13.6. The molecular weight excluding hydrogens is 539 g/mol. The minimum absolute atomic E-state index is 0.0443. The maximum absolute atomic E-state index is 13.6. The van der Waals surface area contributed by atoms with Gasteiger partial charge in [0.2, 0.25) is 0 Å². The van der Waals surface area contributed by atoms with Crippen LogP contribution in [0.2, 0.25) is 10.0 Å². The molecule has 4 aromatic carbocycles. The largest absolute Gasteiger partial charge is 0.487 e. The Morgan fingerprint density at radius 1 is 0.737 bits per heavy atom. The number of anilines is 2. The van der Waals surface area contributed by atoms with Crippen LogP contribution in [0.3, 0.4) is 0 Å². The fourth-order valence-corrected chi connectivity index (χ4v) is 4.72. The summed E-state index contributed by atoms with van der Waals surface area (Å²) in [6.45, 7) is 0.309. The van der Waals surface area contributed by atoms with Crippen LogP contribution in [0.15, 0.2) is 109 Å². The SMILES string of the molecule is O=C1C(=Cc2ccc(OCc3ccc(Cl)cc3)c(Cl)c2)C(=O)N(c2ccccc2)C(=S)N1c1ccccc1. The van der Waals surface area contributed by atoms with Crippen LogP contribution < -0.4 is 14.5 Å². The molecular formula is C30H20Cl2N2O3S. The average molecular weight is 559 g/mol. The van der Waals surface area contributed by atoms with Crippen molar-refractivity contribution < 1.29 is 14.3 Å². The van der Waals surface area contributed by atoms with Gasteiger partial charge in [-0.05, 0) is 78.0 Å². The second kappa shape index (κ2) is 11.2. The highest BCUT2D eigenvalue weighted by Gasteiger charge is 2.41. The summed E-state index contributed by atoms with van der Waals surface area (Å²) in [6.07, 6.45) is 1.52. The molecule has 5 nitrogen and oxygen atoms in total. The Morgan fingerprint density at radius 3 is 1.82 bits per heavy atom. The van der Waals surface area contributed by atoms with Crippen molar-refractivity contribution in [2.45, 2.75) is 6.61 Å². The molecule has 0 unspecified atom stereocenters. The van der Waals surface area contributed by atoms with Crippen molar-refractivity contribution in [2.75, 3.05) is 9.80 Å². The summed E-state index contributed by atoms with van der Waals surface area (Å²) >= 11 is 18.1. The van der Waals surface area contributed by atoms with Crippen molar-refractivity contribution in [3.05, 3.63) is 130 Å². The molecule has 1 saturated heterocycles. The molecule has 1 heterocycles. The zero-order valence-electron chi connectivity index (χ0n) is 19.9. The first-order valence-electron chi connectivity index (χ1n) is 11.6. The van der Waals surface area contributed by atoms with E-state index >= 15 is 0 Å². The highest BCUT2D eigenvalue weighted by atomic mass is 35.5. The van der Waals surface area contributed by atoms with Crippen LogP contribution in [-0.2, 0) is 16.2 Å². The number of carbonyl (C=O) groups is 2. The summed E-state index contributed by atoms with van der Waals surface area (Å²) in [5, 5.41) is 1.08. The molecule has 1 aliphatic heterocycles. The molecule has 0 aliphatic carbocycles. The molecule has 0 atom stereocenters. The van der Waals surface area contributed by atoms with Gasteiger partial charge in [0.05, 0.1) is 16.4 Å². The van der Waals surface area contributed by atoms with E-state index in [4.69, 9.17) is 40.2 Å². The highest BCUT2D eigenvalue weighted by Crippen LogP contribution is 2.32. The molecule has 0 aromatic heterocycles. The maximum Gasteiger partial charge on any atom is 0.270 e. The van der Waals surface area contributed by atoms with Crippen LogP contribution in [0.1, 0.15) is 11.1 Å². The van der Waals surface area contributed by atoms with E-state index in [2.05, 4.69) is 0 Å². The number of amides is 2. The van der Waals surface area contributed by atoms with Gasteiger partial charge in [0.1, 0.15) is 17.9 Å². The van der Waals surface area contributed by atoms with Gasteiger partial charge in [-0.3, -0.25) is 19.4 Å². The zero-order valence-corrected chi connectivity index (χ0v) is 22.2. The summed E-state index contributed by atoms with van der Waals surface area (Å²) in [6, 6.07) is 30.4. The van der Waals surface area contributed by atoms with Crippen LogP contribution in [0.5, 0.6) is 5.75 Å². The number of ether oxygens (including phenoxy) is 1. The van der Waals surface area contributed by atoms with Crippen molar-refractivity contribution in [3.8, 4) is 5.75 Å². The molecule has 38 heavy (non-hydrogen) atoms. The van der Waals surface area contributed by atoms with Crippen LogP contribution in [0.4, 0.5) is 11.4 Å². The minimum atomic E-state index is -0.516.